The monoisotopic (exact) mass is 254 g/mol. The molecule has 96 valence electrons. The van der Waals surface area contributed by atoms with Crippen molar-refractivity contribution in [1.82, 2.24) is 5.32 Å². The van der Waals surface area contributed by atoms with Crippen LogP contribution in [0.1, 0.15) is 16.8 Å². The van der Waals surface area contributed by atoms with Gasteiger partial charge >= 0.3 is 5.97 Å². The molecule has 0 fully saturated rings. The second kappa shape index (κ2) is 5.76. The minimum Gasteiger partial charge on any atom is -0.480 e. The zero-order valence-corrected chi connectivity index (χ0v) is 9.22. The van der Waals surface area contributed by atoms with E-state index in [1.54, 1.807) is 0 Å². The van der Waals surface area contributed by atoms with Gasteiger partial charge in [0.25, 0.3) is 5.91 Å². The first-order valence-corrected chi connectivity index (χ1v) is 4.97. The first-order valence-electron chi connectivity index (χ1n) is 4.97. The Kier molecular flexibility index (Phi) is 4.36. The molecule has 0 saturated carbocycles. The van der Waals surface area contributed by atoms with Gasteiger partial charge in [-0.2, -0.15) is 0 Å². The lowest BCUT2D eigenvalue weighted by molar-refractivity contribution is -0.140. The van der Waals surface area contributed by atoms with Gasteiger partial charge in [-0.05, 0) is 24.3 Å². The van der Waals surface area contributed by atoms with Crippen molar-refractivity contribution in [2.24, 2.45) is 5.73 Å². The van der Waals surface area contributed by atoms with Gasteiger partial charge in [-0.1, -0.05) is 0 Å². The molecule has 7 heteroatoms. The van der Waals surface area contributed by atoms with Crippen molar-refractivity contribution in [3.63, 3.8) is 0 Å². The van der Waals surface area contributed by atoms with Crippen molar-refractivity contribution < 1.29 is 23.9 Å². The Morgan fingerprint density at radius 1 is 1.28 bits per heavy atom. The van der Waals surface area contributed by atoms with E-state index < -0.39 is 36.1 Å². The van der Waals surface area contributed by atoms with Crippen molar-refractivity contribution in [2.45, 2.75) is 12.5 Å². The molecule has 0 spiro atoms. The van der Waals surface area contributed by atoms with Crippen LogP contribution in [0, 0.1) is 5.82 Å². The fraction of sp³-hybridized carbons (Fsp3) is 0.182. The number of hydrogen-bond donors (Lipinski definition) is 3. The van der Waals surface area contributed by atoms with E-state index in [1.807, 2.05) is 0 Å². The second-order valence-electron chi connectivity index (χ2n) is 3.54. The normalized spacial score (nSPS) is 11.6. The van der Waals surface area contributed by atoms with Gasteiger partial charge in [0.2, 0.25) is 5.91 Å². The van der Waals surface area contributed by atoms with Gasteiger partial charge in [0, 0.05) is 5.56 Å². The predicted octanol–water partition coefficient (Wildman–Crippen LogP) is -0.116. The van der Waals surface area contributed by atoms with Gasteiger partial charge < -0.3 is 16.2 Å². The van der Waals surface area contributed by atoms with Crippen molar-refractivity contribution in [3.8, 4) is 0 Å². The molecule has 0 saturated heterocycles. The highest BCUT2D eigenvalue weighted by molar-refractivity contribution is 5.97. The minimum atomic E-state index is -1.40. The Morgan fingerprint density at radius 3 is 2.28 bits per heavy atom. The minimum absolute atomic E-state index is 0.0899. The quantitative estimate of drug-likeness (QED) is 0.680. The molecular formula is C11H11FN2O4. The smallest absolute Gasteiger partial charge is 0.326 e. The molecule has 1 aromatic carbocycles. The van der Waals surface area contributed by atoms with Crippen LogP contribution in [-0.4, -0.2) is 28.9 Å². The topological polar surface area (TPSA) is 109 Å². The van der Waals surface area contributed by atoms with Gasteiger partial charge in [-0.3, -0.25) is 9.59 Å². The summed E-state index contributed by atoms with van der Waals surface area (Å²) >= 11 is 0. The number of primary amides is 1. The SMILES string of the molecule is NC(=O)CC(NC(=O)c1ccc(F)cc1)C(=O)O. The lowest BCUT2D eigenvalue weighted by Gasteiger charge is -2.12. The van der Waals surface area contributed by atoms with E-state index in [9.17, 15) is 18.8 Å². The second-order valence-corrected chi connectivity index (χ2v) is 3.54. The molecule has 4 N–H and O–H groups in total. The Bertz CT molecular complexity index is 472. The molecule has 0 aromatic heterocycles. The lowest BCUT2D eigenvalue weighted by Crippen LogP contribution is -2.43. The number of nitrogens with one attached hydrogen (secondary N) is 1. The summed E-state index contributed by atoms with van der Waals surface area (Å²) in [5, 5.41) is 10.9. The average molecular weight is 254 g/mol. The summed E-state index contributed by atoms with van der Waals surface area (Å²) in [6.45, 7) is 0. The zero-order valence-electron chi connectivity index (χ0n) is 9.22. The van der Waals surface area contributed by atoms with Crippen LogP contribution in [0.2, 0.25) is 0 Å². The number of rotatable bonds is 5. The van der Waals surface area contributed by atoms with Crippen molar-refractivity contribution in [3.05, 3.63) is 35.6 Å². The number of benzene rings is 1. The van der Waals surface area contributed by atoms with Crippen LogP contribution >= 0.6 is 0 Å². The predicted molar refractivity (Wildman–Crippen MR) is 59.1 cm³/mol. The van der Waals surface area contributed by atoms with E-state index in [0.29, 0.717) is 0 Å². The number of amides is 2. The van der Waals surface area contributed by atoms with Crippen LogP contribution in [0.25, 0.3) is 0 Å². The molecular weight excluding hydrogens is 243 g/mol. The number of carboxylic acid groups (broad SMARTS) is 1. The van der Waals surface area contributed by atoms with E-state index >= 15 is 0 Å². The van der Waals surface area contributed by atoms with Crippen molar-refractivity contribution in [2.75, 3.05) is 0 Å². The largest absolute Gasteiger partial charge is 0.480 e. The number of halogens is 1. The summed E-state index contributed by atoms with van der Waals surface area (Å²) in [4.78, 5) is 33.0. The third-order valence-corrected chi connectivity index (χ3v) is 2.12. The van der Waals surface area contributed by atoms with Crippen LogP contribution in [0.4, 0.5) is 4.39 Å². The van der Waals surface area contributed by atoms with E-state index in [0.717, 1.165) is 12.1 Å². The summed E-state index contributed by atoms with van der Waals surface area (Å²) in [6.07, 6.45) is -0.512. The first-order chi connectivity index (χ1) is 8.40. The van der Waals surface area contributed by atoms with Crippen LogP contribution in [0.15, 0.2) is 24.3 Å². The fourth-order valence-electron chi connectivity index (χ4n) is 1.24. The number of aliphatic carboxylic acids is 1. The summed E-state index contributed by atoms with van der Waals surface area (Å²) < 4.78 is 12.6. The lowest BCUT2D eigenvalue weighted by atomic mass is 10.1. The number of carbonyl (C=O) groups excluding carboxylic acids is 2. The van der Waals surface area contributed by atoms with Gasteiger partial charge in [0.1, 0.15) is 11.9 Å². The summed E-state index contributed by atoms with van der Waals surface area (Å²) in [7, 11) is 0. The molecule has 0 aliphatic heterocycles. The highest BCUT2D eigenvalue weighted by atomic mass is 19.1. The van der Waals surface area contributed by atoms with Crippen LogP contribution < -0.4 is 11.1 Å². The molecule has 1 atom stereocenters. The zero-order chi connectivity index (χ0) is 13.7. The standard InChI is InChI=1S/C11H11FN2O4/c12-7-3-1-6(2-4-7)10(16)14-8(11(17)18)5-9(13)15/h1-4,8H,5H2,(H2,13,15)(H,14,16)(H,17,18). The number of hydrogen-bond acceptors (Lipinski definition) is 3. The molecule has 0 aliphatic carbocycles. The third-order valence-electron chi connectivity index (χ3n) is 2.12. The molecule has 0 aliphatic rings. The van der Waals surface area contributed by atoms with Gasteiger partial charge in [-0.25, -0.2) is 9.18 Å². The number of carboxylic acids is 1. The average Bonchev–Trinajstić information content (AvgIpc) is 2.28. The summed E-state index contributed by atoms with van der Waals surface area (Å²) in [6, 6.07) is 3.14. The van der Waals surface area contributed by atoms with Crippen molar-refractivity contribution in [1.29, 1.82) is 0 Å². The highest BCUT2D eigenvalue weighted by Crippen LogP contribution is 2.03. The maximum Gasteiger partial charge on any atom is 0.326 e. The molecule has 6 nitrogen and oxygen atoms in total. The van der Waals surface area contributed by atoms with E-state index in [4.69, 9.17) is 10.8 Å². The third kappa shape index (κ3) is 3.85. The molecule has 1 unspecified atom stereocenters. The van der Waals surface area contributed by atoms with Crippen LogP contribution in [-0.2, 0) is 9.59 Å². The first kappa shape index (κ1) is 13.6. The number of nitrogens with two attached hydrogens (primary N) is 1. The Labute approximate surface area is 102 Å². The fourth-order valence-corrected chi connectivity index (χ4v) is 1.24. The van der Waals surface area contributed by atoms with Gasteiger partial charge in [-0.15, -0.1) is 0 Å². The van der Waals surface area contributed by atoms with Gasteiger partial charge in [0.15, 0.2) is 0 Å². The molecule has 0 heterocycles. The molecule has 0 bridgehead atoms. The summed E-state index contributed by atoms with van der Waals surface area (Å²) in [5.74, 6) is -3.45. The molecule has 0 radical (unpaired) electrons. The maximum atomic E-state index is 12.6. The maximum absolute atomic E-state index is 12.6. The molecule has 2 amide bonds. The number of carbonyl (C=O) groups is 3. The van der Waals surface area contributed by atoms with Crippen LogP contribution in [0.3, 0.4) is 0 Å². The summed E-state index contributed by atoms with van der Waals surface area (Å²) in [5.41, 5.74) is 4.95. The van der Waals surface area contributed by atoms with E-state index in [1.165, 1.54) is 12.1 Å². The Balaban J connectivity index is 2.75. The van der Waals surface area contributed by atoms with Crippen LogP contribution in [0.5, 0.6) is 0 Å². The highest BCUT2D eigenvalue weighted by Gasteiger charge is 2.22. The van der Waals surface area contributed by atoms with Gasteiger partial charge in [0.05, 0.1) is 6.42 Å². The Hall–Kier alpha value is -2.44. The molecule has 1 rings (SSSR count). The molecule has 18 heavy (non-hydrogen) atoms. The Morgan fingerprint density at radius 2 is 1.83 bits per heavy atom. The van der Waals surface area contributed by atoms with E-state index in [2.05, 4.69) is 5.32 Å². The van der Waals surface area contributed by atoms with Crippen molar-refractivity contribution >= 4 is 17.8 Å². The molecule has 1 aromatic rings. The van der Waals surface area contributed by atoms with E-state index in [-0.39, 0.29) is 5.56 Å².